The van der Waals surface area contributed by atoms with E-state index in [1.807, 2.05) is 0 Å². The van der Waals surface area contributed by atoms with E-state index in [0.717, 1.165) is 0 Å². The lowest BCUT2D eigenvalue weighted by atomic mass is 10.2. The molecule has 0 radical (unpaired) electrons. The minimum absolute atomic E-state index is 0.0231. The highest BCUT2D eigenvalue weighted by molar-refractivity contribution is 5.17. The summed E-state index contributed by atoms with van der Waals surface area (Å²) >= 11 is 0. The number of nitrogens with zero attached hydrogens (tertiary/aromatic N) is 3. The van der Waals surface area contributed by atoms with Gasteiger partial charge in [-0.15, -0.1) is 10.2 Å². The first-order valence-electron chi connectivity index (χ1n) is 5.31. The standard InChI is InChI=1S/C11H7F6N3/c12-10(13,14)8-18-19-9(11(15,16)17)20(8)6-7-4-2-1-3-5-7/h1-5H,6H2. The Labute approximate surface area is 108 Å². The number of hydrogen-bond donors (Lipinski definition) is 0. The summed E-state index contributed by atoms with van der Waals surface area (Å²) in [6.07, 6.45) is -10.0. The lowest BCUT2D eigenvalue weighted by Crippen LogP contribution is -2.21. The van der Waals surface area contributed by atoms with Gasteiger partial charge in [0.1, 0.15) is 0 Å². The van der Waals surface area contributed by atoms with Gasteiger partial charge >= 0.3 is 12.4 Å². The van der Waals surface area contributed by atoms with Crippen LogP contribution in [0.3, 0.4) is 0 Å². The fourth-order valence-corrected chi connectivity index (χ4v) is 1.64. The lowest BCUT2D eigenvalue weighted by molar-refractivity contribution is -0.155. The van der Waals surface area contributed by atoms with Gasteiger partial charge in [-0.3, -0.25) is 4.57 Å². The van der Waals surface area contributed by atoms with Crippen LogP contribution >= 0.6 is 0 Å². The van der Waals surface area contributed by atoms with Crippen LogP contribution in [-0.4, -0.2) is 14.8 Å². The van der Waals surface area contributed by atoms with Gasteiger partial charge in [-0.1, -0.05) is 30.3 Å². The summed E-state index contributed by atoms with van der Waals surface area (Å²) in [7, 11) is 0. The first kappa shape index (κ1) is 14.4. The maximum absolute atomic E-state index is 12.7. The molecule has 0 unspecified atom stereocenters. The summed E-state index contributed by atoms with van der Waals surface area (Å²) in [5, 5.41) is 5.24. The van der Waals surface area contributed by atoms with Crippen LogP contribution in [0.2, 0.25) is 0 Å². The fraction of sp³-hybridized carbons (Fsp3) is 0.273. The monoisotopic (exact) mass is 295 g/mol. The van der Waals surface area contributed by atoms with Crippen molar-refractivity contribution in [2.75, 3.05) is 0 Å². The first-order valence-corrected chi connectivity index (χ1v) is 5.31. The van der Waals surface area contributed by atoms with Gasteiger partial charge < -0.3 is 0 Å². The highest BCUT2D eigenvalue weighted by atomic mass is 19.4. The van der Waals surface area contributed by atoms with Crippen molar-refractivity contribution < 1.29 is 26.3 Å². The maximum atomic E-state index is 12.7. The van der Waals surface area contributed by atoms with Crippen molar-refractivity contribution in [3.05, 3.63) is 47.5 Å². The van der Waals surface area contributed by atoms with E-state index in [9.17, 15) is 26.3 Å². The average molecular weight is 295 g/mol. The third-order valence-corrected chi connectivity index (χ3v) is 2.44. The highest BCUT2D eigenvalue weighted by Crippen LogP contribution is 2.34. The molecule has 0 fully saturated rings. The zero-order valence-corrected chi connectivity index (χ0v) is 9.70. The minimum atomic E-state index is -5.01. The first-order chi connectivity index (χ1) is 9.19. The molecule has 0 aliphatic carbocycles. The predicted octanol–water partition coefficient (Wildman–Crippen LogP) is 3.36. The van der Waals surface area contributed by atoms with Crippen LogP contribution in [0.15, 0.2) is 30.3 Å². The normalized spacial score (nSPS) is 12.7. The average Bonchev–Trinajstić information content (AvgIpc) is 2.73. The SMILES string of the molecule is FC(F)(F)c1nnc(C(F)(F)F)n1Cc1ccccc1. The Morgan fingerprint density at radius 1 is 0.800 bits per heavy atom. The van der Waals surface area contributed by atoms with E-state index in [0.29, 0.717) is 0 Å². The number of alkyl halides is 6. The zero-order valence-electron chi connectivity index (χ0n) is 9.70. The van der Waals surface area contributed by atoms with Crippen LogP contribution in [-0.2, 0) is 18.9 Å². The number of benzene rings is 1. The van der Waals surface area contributed by atoms with E-state index in [1.54, 1.807) is 6.07 Å². The molecule has 1 heterocycles. The third kappa shape index (κ3) is 2.91. The molecule has 1 aromatic heterocycles. The number of aromatic nitrogens is 3. The quantitative estimate of drug-likeness (QED) is 0.795. The molecule has 0 bridgehead atoms. The Morgan fingerprint density at radius 2 is 1.25 bits per heavy atom. The Hall–Kier alpha value is -2.06. The fourth-order valence-electron chi connectivity index (χ4n) is 1.64. The van der Waals surface area contributed by atoms with E-state index in [1.165, 1.54) is 24.3 Å². The largest absolute Gasteiger partial charge is 0.451 e. The van der Waals surface area contributed by atoms with Crippen LogP contribution in [0.25, 0.3) is 0 Å². The molecule has 0 N–H and O–H groups in total. The van der Waals surface area contributed by atoms with Crippen molar-refractivity contribution in [1.82, 2.24) is 14.8 Å². The van der Waals surface area contributed by atoms with Crippen molar-refractivity contribution in [2.24, 2.45) is 0 Å². The molecule has 20 heavy (non-hydrogen) atoms. The van der Waals surface area contributed by atoms with Crippen LogP contribution in [0.5, 0.6) is 0 Å². The molecule has 108 valence electrons. The number of halogens is 6. The summed E-state index contributed by atoms with van der Waals surface area (Å²) in [5.74, 6) is -3.35. The Morgan fingerprint density at radius 3 is 1.65 bits per heavy atom. The van der Waals surface area contributed by atoms with Crippen LogP contribution in [0, 0.1) is 0 Å². The minimum Gasteiger partial charge on any atom is -0.295 e. The van der Waals surface area contributed by atoms with E-state index >= 15 is 0 Å². The predicted molar refractivity (Wildman–Crippen MR) is 55.6 cm³/mol. The molecule has 0 aliphatic heterocycles. The van der Waals surface area contributed by atoms with Gasteiger partial charge in [0.05, 0.1) is 6.54 Å². The van der Waals surface area contributed by atoms with Crippen molar-refractivity contribution in [3.8, 4) is 0 Å². The lowest BCUT2D eigenvalue weighted by Gasteiger charge is -2.13. The molecule has 0 aliphatic rings. The van der Waals surface area contributed by atoms with Gasteiger partial charge in [0.15, 0.2) is 0 Å². The molecule has 0 atom stereocenters. The molecule has 0 saturated heterocycles. The van der Waals surface area contributed by atoms with Crippen molar-refractivity contribution in [2.45, 2.75) is 18.9 Å². The Kier molecular flexibility index (Phi) is 3.45. The summed E-state index contributed by atoms with van der Waals surface area (Å²) < 4.78 is 76.0. The van der Waals surface area contributed by atoms with Crippen molar-refractivity contribution >= 4 is 0 Å². The van der Waals surface area contributed by atoms with E-state index in [-0.39, 0.29) is 10.1 Å². The second-order valence-corrected chi connectivity index (χ2v) is 3.91. The molecule has 2 aromatic rings. The van der Waals surface area contributed by atoms with Gasteiger partial charge in [0, 0.05) is 0 Å². The molecule has 3 nitrogen and oxygen atoms in total. The van der Waals surface area contributed by atoms with Gasteiger partial charge in [0.25, 0.3) is 0 Å². The molecular weight excluding hydrogens is 288 g/mol. The number of hydrogen-bond acceptors (Lipinski definition) is 2. The molecule has 9 heteroatoms. The van der Waals surface area contributed by atoms with E-state index in [4.69, 9.17) is 0 Å². The van der Waals surface area contributed by atoms with Crippen LogP contribution in [0.1, 0.15) is 17.2 Å². The van der Waals surface area contributed by atoms with Gasteiger partial charge in [-0.25, -0.2) is 0 Å². The topological polar surface area (TPSA) is 30.7 Å². The van der Waals surface area contributed by atoms with Crippen LogP contribution < -0.4 is 0 Å². The zero-order chi connectivity index (χ0) is 15.0. The molecular formula is C11H7F6N3. The molecule has 2 rings (SSSR count). The second-order valence-electron chi connectivity index (χ2n) is 3.91. The van der Waals surface area contributed by atoms with E-state index in [2.05, 4.69) is 10.2 Å². The summed E-state index contributed by atoms with van der Waals surface area (Å²) in [4.78, 5) is 0. The summed E-state index contributed by atoms with van der Waals surface area (Å²) in [5.41, 5.74) is 0.281. The molecule has 0 saturated carbocycles. The summed E-state index contributed by atoms with van der Waals surface area (Å²) in [6, 6.07) is 7.46. The smallest absolute Gasteiger partial charge is 0.295 e. The second kappa shape index (κ2) is 4.80. The molecule has 0 spiro atoms. The Bertz CT molecular complexity index is 553. The van der Waals surface area contributed by atoms with Gasteiger partial charge in [0.2, 0.25) is 11.6 Å². The van der Waals surface area contributed by atoms with E-state index < -0.39 is 30.5 Å². The number of rotatable bonds is 2. The van der Waals surface area contributed by atoms with Gasteiger partial charge in [-0.05, 0) is 5.56 Å². The van der Waals surface area contributed by atoms with Crippen molar-refractivity contribution in [1.29, 1.82) is 0 Å². The van der Waals surface area contributed by atoms with Crippen LogP contribution in [0.4, 0.5) is 26.3 Å². The Balaban J connectivity index is 2.50. The summed E-state index contributed by atoms with van der Waals surface area (Å²) in [6.45, 7) is -0.614. The maximum Gasteiger partial charge on any atom is 0.451 e. The molecule has 1 aromatic carbocycles. The highest BCUT2D eigenvalue weighted by Gasteiger charge is 2.45. The third-order valence-electron chi connectivity index (χ3n) is 2.44. The van der Waals surface area contributed by atoms with Crippen molar-refractivity contribution in [3.63, 3.8) is 0 Å². The van der Waals surface area contributed by atoms with Gasteiger partial charge in [-0.2, -0.15) is 26.3 Å². The molecule has 0 amide bonds.